The Balaban J connectivity index is 1.98. The quantitative estimate of drug-likeness (QED) is 0.799. The molecule has 3 nitrogen and oxygen atoms in total. The SMILES string of the molecule is O=C(O)CCCCC1=CC=C(c2ccc(Cl)cc2)C(=O)C1. The molecule has 0 bridgehead atoms. The number of aliphatic carboxylic acids is 1. The number of allylic oxidation sites excluding steroid dienone is 4. The largest absolute Gasteiger partial charge is 0.481 e. The average molecular weight is 305 g/mol. The van der Waals surface area contributed by atoms with Crippen LogP contribution >= 0.6 is 11.6 Å². The van der Waals surface area contributed by atoms with Crippen molar-refractivity contribution in [2.24, 2.45) is 0 Å². The Bertz CT molecular complexity index is 597. The fourth-order valence-electron chi connectivity index (χ4n) is 2.34. The van der Waals surface area contributed by atoms with Crippen LogP contribution in [0.15, 0.2) is 42.0 Å². The van der Waals surface area contributed by atoms with Crippen LogP contribution in [0.25, 0.3) is 5.57 Å². The minimum absolute atomic E-state index is 0.105. The molecule has 0 saturated heterocycles. The molecule has 1 aliphatic rings. The molecule has 0 radical (unpaired) electrons. The number of hydrogen-bond acceptors (Lipinski definition) is 2. The minimum atomic E-state index is -0.770. The molecule has 1 N–H and O–H groups in total. The maximum absolute atomic E-state index is 12.2. The number of halogens is 1. The van der Waals surface area contributed by atoms with Crippen molar-refractivity contribution in [1.82, 2.24) is 0 Å². The Labute approximate surface area is 128 Å². The van der Waals surface area contributed by atoms with Crippen molar-refractivity contribution in [3.63, 3.8) is 0 Å². The first-order valence-corrected chi connectivity index (χ1v) is 7.35. The van der Waals surface area contributed by atoms with Gasteiger partial charge in [-0.2, -0.15) is 0 Å². The van der Waals surface area contributed by atoms with E-state index < -0.39 is 5.97 Å². The van der Waals surface area contributed by atoms with Gasteiger partial charge in [-0.1, -0.05) is 41.5 Å². The van der Waals surface area contributed by atoms with Gasteiger partial charge in [0, 0.05) is 23.4 Å². The van der Waals surface area contributed by atoms with Gasteiger partial charge in [-0.05, 0) is 37.0 Å². The third-order valence-corrected chi connectivity index (χ3v) is 3.72. The topological polar surface area (TPSA) is 54.4 Å². The van der Waals surface area contributed by atoms with Gasteiger partial charge in [0.25, 0.3) is 0 Å². The Morgan fingerprint density at radius 3 is 2.48 bits per heavy atom. The number of carboxylic acids is 1. The molecule has 0 aromatic heterocycles. The molecule has 0 heterocycles. The number of carbonyl (C=O) groups excluding carboxylic acids is 1. The van der Waals surface area contributed by atoms with Crippen LogP contribution < -0.4 is 0 Å². The molecule has 21 heavy (non-hydrogen) atoms. The lowest BCUT2D eigenvalue weighted by molar-refractivity contribution is -0.137. The van der Waals surface area contributed by atoms with Gasteiger partial charge in [-0.15, -0.1) is 0 Å². The molecular formula is C17H17ClO3. The first kappa shape index (κ1) is 15.5. The average Bonchev–Trinajstić information content (AvgIpc) is 2.45. The zero-order valence-electron chi connectivity index (χ0n) is 11.6. The highest BCUT2D eigenvalue weighted by Crippen LogP contribution is 2.27. The zero-order chi connectivity index (χ0) is 15.2. The zero-order valence-corrected chi connectivity index (χ0v) is 12.4. The summed E-state index contributed by atoms with van der Waals surface area (Å²) in [5.74, 6) is -0.665. The van der Waals surface area contributed by atoms with Crippen LogP contribution in [-0.2, 0) is 9.59 Å². The van der Waals surface area contributed by atoms with Crippen molar-refractivity contribution in [2.45, 2.75) is 32.1 Å². The van der Waals surface area contributed by atoms with Crippen LogP contribution in [0.4, 0.5) is 0 Å². The maximum atomic E-state index is 12.2. The van der Waals surface area contributed by atoms with Crippen molar-refractivity contribution >= 4 is 28.9 Å². The summed E-state index contributed by atoms with van der Waals surface area (Å²) in [6.45, 7) is 0. The van der Waals surface area contributed by atoms with Gasteiger partial charge in [-0.25, -0.2) is 0 Å². The number of carbonyl (C=O) groups is 2. The molecule has 110 valence electrons. The maximum Gasteiger partial charge on any atom is 0.303 e. The molecule has 1 aromatic carbocycles. The van der Waals surface area contributed by atoms with Crippen molar-refractivity contribution in [3.8, 4) is 0 Å². The number of Topliss-reactive ketones (excluding diaryl/α,β-unsaturated/α-hetero) is 1. The van der Waals surface area contributed by atoms with Gasteiger partial charge in [-0.3, -0.25) is 9.59 Å². The summed E-state index contributed by atoms with van der Waals surface area (Å²) >= 11 is 5.85. The van der Waals surface area contributed by atoms with Gasteiger partial charge >= 0.3 is 5.97 Å². The van der Waals surface area contributed by atoms with Crippen LogP contribution in [0.3, 0.4) is 0 Å². The lowest BCUT2D eigenvalue weighted by Gasteiger charge is -2.14. The first-order valence-electron chi connectivity index (χ1n) is 6.97. The third-order valence-electron chi connectivity index (χ3n) is 3.47. The molecular weight excluding hydrogens is 288 g/mol. The molecule has 0 spiro atoms. The van der Waals surface area contributed by atoms with E-state index in [0.717, 1.165) is 24.0 Å². The predicted molar refractivity (Wildman–Crippen MR) is 83.2 cm³/mol. The number of ketones is 1. The molecule has 2 rings (SSSR count). The summed E-state index contributed by atoms with van der Waals surface area (Å²) in [5.41, 5.74) is 2.66. The van der Waals surface area contributed by atoms with Gasteiger partial charge in [0.1, 0.15) is 0 Å². The summed E-state index contributed by atoms with van der Waals surface area (Å²) in [5, 5.41) is 9.24. The number of rotatable bonds is 6. The fourth-order valence-corrected chi connectivity index (χ4v) is 2.47. The Hall–Kier alpha value is -1.87. The highest BCUT2D eigenvalue weighted by molar-refractivity contribution is 6.30. The monoisotopic (exact) mass is 304 g/mol. The van der Waals surface area contributed by atoms with E-state index in [1.54, 1.807) is 12.1 Å². The van der Waals surface area contributed by atoms with E-state index in [2.05, 4.69) is 0 Å². The van der Waals surface area contributed by atoms with Crippen LogP contribution in [0.1, 0.15) is 37.7 Å². The van der Waals surface area contributed by atoms with E-state index in [-0.39, 0.29) is 12.2 Å². The highest BCUT2D eigenvalue weighted by Gasteiger charge is 2.17. The minimum Gasteiger partial charge on any atom is -0.481 e. The van der Waals surface area contributed by atoms with Crippen molar-refractivity contribution in [1.29, 1.82) is 0 Å². The van der Waals surface area contributed by atoms with Crippen LogP contribution in [0.5, 0.6) is 0 Å². The Morgan fingerprint density at radius 2 is 1.86 bits per heavy atom. The molecule has 0 unspecified atom stereocenters. The standard InChI is InChI=1S/C17H17ClO3/c18-14-8-6-13(7-9-14)15-10-5-12(11-16(15)19)3-1-2-4-17(20)21/h5-10H,1-4,11H2,(H,20,21). The van der Waals surface area contributed by atoms with Crippen LogP contribution in [0.2, 0.25) is 5.02 Å². The van der Waals surface area contributed by atoms with E-state index >= 15 is 0 Å². The number of benzene rings is 1. The molecule has 1 aliphatic carbocycles. The number of unbranched alkanes of at least 4 members (excludes halogenated alkanes) is 1. The van der Waals surface area contributed by atoms with Crippen LogP contribution in [0, 0.1) is 0 Å². The van der Waals surface area contributed by atoms with Crippen molar-refractivity contribution < 1.29 is 14.7 Å². The van der Waals surface area contributed by atoms with E-state index in [4.69, 9.17) is 16.7 Å². The van der Waals surface area contributed by atoms with E-state index in [0.29, 0.717) is 23.4 Å². The number of carboxylic acid groups (broad SMARTS) is 1. The summed E-state index contributed by atoms with van der Waals surface area (Å²) < 4.78 is 0. The summed E-state index contributed by atoms with van der Waals surface area (Å²) in [7, 11) is 0. The smallest absolute Gasteiger partial charge is 0.303 e. The van der Waals surface area contributed by atoms with Gasteiger partial charge in [0.05, 0.1) is 0 Å². The van der Waals surface area contributed by atoms with E-state index in [1.807, 2.05) is 24.3 Å². The molecule has 0 saturated carbocycles. The summed E-state index contributed by atoms with van der Waals surface area (Å²) in [6.07, 6.45) is 6.66. The lowest BCUT2D eigenvalue weighted by Crippen LogP contribution is -2.07. The Morgan fingerprint density at radius 1 is 1.14 bits per heavy atom. The fraction of sp³-hybridized carbons (Fsp3) is 0.294. The Kier molecular flexibility index (Phi) is 5.34. The van der Waals surface area contributed by atoms with Gasteiger partial charge < -0.3 is 5.11 Å². The van der Waals surface area contributed by atoms with E-state index in [9.17, 15) is 9.59 Å². The molecule has 0 fully saturated rings. The molecule has 4 heteroatoms. The predicted octanol–water partition coefficient (Wildman–Crippen LogP) is 4.27. The van der Waals surface area contributed by atoms with Gasteiger partial charge in [0.15, 0.2) is 5.78 Å². The summed E-state index contributed by atoms with van der Waals surface area (Å²) in [4.78, 5) is 22.6. The normalized spacial score (nSPS) is 14.6. The van der Waals surface area contributed by atoms with Gasteiger partial charge in [0.2, 0.25) is 0 Å². The first-order chi connectivity index (χ1) is 10.1. The molecule has 0 amide bonds. The molecule has 0 atom stereocenters. The lowest BCUT2D eigenvalue weighted by atomic mass is 9.90. The van der Waals surface area contributed by atoms with E-state index in [1.165, 1.54) is 0 Å². The second-order valence-corrected chi connectivity index (χ2v) is 5.55. The number of hydrogen-bond donors (Lipinski definition) is 1. The van der Waals surface area contributed by atoms with Crippen molar-refractivity contribution in [2.75, 3.05) is 0 Å². The second kappa shape index (κ2) is 7.23. The van der Waals surface area contributed by atoms with Crippen molar-refractivity contribution in [3.05, 3.63) is 52.6 Å². The van der Waals surface area contributed by atoms with Crippen LogP contribution in [-0.4, -0.2) is 16.9 Å². The second-order valence-electron chi connectivity index (χ2n) is 5.11. The summed E-state index contributed by atoms with van der Waals surface area (Å²) in [6, 6.07) is 7.24. The molecule has 0 aliphatic heterocycles. The third kappa shape index (κ3) is 4.57. The molecule has 1 aromatic rings. The highest BCUT2D eigenvalue weighted by atomic mass is 35.5.